The molecule has 0 amide bonds. The molecule has 2 aromatic rings. The number of carbonyl (C=O) groups is 1. The number of rotatable bonds is 6. The third kappa shape index (κ3) is 3.60. The smallest absolute Gasteiger partial charge is 0.274 e. The average Bonchev–Trinajstić information content (AvgIpc) is 3.06. The van der Waals surface area contributed by atoms with E-state index in [0.717, 1.165) is 51.0 Å². The van der Waals surface area contributed by atoms with Gasteiger partial charge in [-0.05, 0) is 32.5 Å². The molecule has 1 fully saturated rings. The van der Waals surface area contributed by atoms with Crippen LogP contribution in [0.4, 0.5) is 0 Å². The summed E-state index contributed by atoms with van der Waals surface area (Å²) in [6, 6.07) is 1.81. The third-order valence-electron chi connectivity index (χ3n) is 4.92. The number of aromatic amines is 1. The van der Waals surface area contributed by atoms with Gasteiger partial charge in [-0.3, -0.25) is 9.59 Å². The standard InChI is InChI=1S/C18H26N4O2/c1-20-9-11-22(12-10-20)8-4-3-5-16(23)15-13-21(2)18(24)17-14(15)6-7-19-17/h6-7,13,19H,3-5,8-12H2,1-2H3. The number of fused-ring (bicyclic) bond motifs is 1. The number of hydrogen-bond donors (Lipinski definition) is 1. The van der Waals surface area contributed by atoms with E-state index in [1.807, 2.05) is 6.07 Å². The Kier molecular flexibility index (Phi) is 5.16. The molecule has 0 atom stereocenters. The number of piperazine rings is 1. The summed E-state index contributed by atoms with van der Waals surface area (Å²) >= 11 is 0. The second-order valence-corrected chi connectivity index (χ2v) is 6.75. The van der Waals surface area contributed by atoms with E-state index in [1.165, 1.54) is 4.57 Å². The van der Waals surface area contributed by atoms with Crippen molar-refractivity contribution in [2.75, 3.05) is 39.8 Å². The minimum Gasteiger partial charge on any atom is -0.357 e. The van der Waals surface area contributed by atoms with Gasteiger partial charge < -0.3 is 19.4 Å². The van der Waals surface area contributed by atoms with Crippen molar-refractivity contribution in [3.63, 3.8) is 0 Å². The summed E-state index contributed by atoms with van der Waals surface area (Å²) in [6.07, 6.45) is 5.85. The van der Waals surface area contributed by atoms with E-state index < -0.39 is 0 Å². The molecule has 0 aliphatic carbocycles. The van der Waals surface area contributed by atoms with Crippen LogP contribution in [0, 0.1) is 0 Å². The summed E-state index contributed by atoms with van der Waals surface area (Å²) in [5.41, 5.74) is 1.07. The SMILES string of the molecule is CN1CCN(CCCCC(=O)c2cn(C)c(=O)c3[nH]ccc23)CC1. The van der Waals surface area contributed by atoms with Crippen molar-refractivity contribution in [3.8, 4) is 0 Å². The average molecular weight is 330 g/mol. The number of aromatic nitrogens is 2. The van der Waals surface area contributed by atoms with Crippen LogP contribution in [0.25, 0.3) is 10.9 Å². The van der Waals surface area contributed by atoms with E-state index in [1.54, 1.807) is 19.4 Å². The van der Waals surface area contributed by atoms with Crippen LogP contribution >= 0.6 is 0 Å². The van der Waals surface area contributed by atoms with Crippen LogP contribution in [0.15, 0.2) is 23.3 Å². The Balaban J connectivity index is 1.55. The van der Waals surface area contributed by atoms with Crippen LogP contribution in [0.2, 0.25) is 0 Å². The summed E-state index contributed by atoms with van der Waals surface area (Å²) in [4.78, 5) is 32.4. The molecule has 130 valence electrons. The van der Waals surface area contributed by atoms with Crippen molar-refractivity contribution in [2.24, 2.45) is 7.05 Å². The highest BCUT2D eigenvalue weighted by molar-refractivity contribution is 6.07. The first-order chi connectivity index (χ1) is 11.6. The van der Waals surface area contributed by atoms with Crippen LogP contribution in [-0.2, 0) is 7.05 Å². The number of aryl methyl sites for hydroxylation is 1. The number of Topliss-reactive ketones (excluding diaryl/α,β-unsaturated/α-hetero) is 1. The van der Waals surface area contributed by atoms with Gasteiger partial charge in [-0.1, -0.05) is 0 Å². The van der Waals surface area contributed by atoms with Crippen molar-refractivity contribution in [3.05, 3.63) is 34.4 Å². The van der Waals surface area contributed by atoms with Gasteiger partial charge in [0.05, 0.1) is 0 Å². The van der Waals surface area contributed by atoms with Crippen LogP contribution in [0.3, 0.4) is 0 Å². The number of hydrogen-bond acceptors (Lipinski definition) is 4. The van der Waals surface area contributed by atoms with Crippen LogP contribution < -0.4 is 5.56 Å². The molecule has 2 aromatic heterocycles. The van der Waals surface area contributed by atoms with E-state index >= 15 is 0 Å². The highest BCUT2D eigenvalue weighted by Crippen LogP contribution is 2.17. The van der Waals surface area contributed by atoms with Crippen molar-refractivity contribution >= 4 is 16.7 Å². The normalized spacial score (nSPS) is 16.8. The molecule has 0 bridgehead atoms. The van der Waals surface area contributed by atoms with Gasteiger partial charge in [0.15, 0.2) is 5.78 Å². The largest absolute Gasteiger partial charge is 0.357 e. The molecule has 1 saturated heterocycles. The maximum atomic E-state index is 12.6. The fourth-order valence-electron chi connectivity index (χ4n) is 3.32. The number of nitrogens with zero attached hydrogens (tertiary/aromatic N) is 3. The lowest BCUT2D eigenvalue weighted by molar-refractivity contribution is 0.0976. The molecule has 6 nitrogen and oxygen atoms in total. The summed E-state index contributed by atoms with van der Waals surface area (Å²) < 4.78 is 1.48. The predicted octanol–water partition coefficient (Wildman–Crippen LogP) is 1.47. The first-order valence-electron chi connectivity index (χ1n) is 8.67. The first-order valence-corrected chi connectivity index (χ1v) is 8.67. The van der Waals surface area contributed by atoms with Crippen molar-refractivity contribution < 1.29 is 4.79 Å². The van der Waals surface area contributed by atoms with Gasteiger partial charge in [-0.25, -0.2) is 0 Å². The van der Waals surface area contributed by atoms with Gasteiger partial charge >= 0.3 is 0 Å². The fraction of sp³-hybridized carbons (Fsp3) is 0.556. The van der Waals surface area contributed by atoms with E-state index in [0.29, 0.717) is 17.5 Å². The Labute approximate surface area is 142 Å². The zero-order chi connectivity index (χ0) is 17.1. The van der Waals surface area contributed by atoms with Crippen molar-refractivity contribution in [1.82, 2.24) is 19.4 Å². The lowest BCUT2D eigenvalue weighted by atomic mass is 10.0. The van der Waals surface area contributed by atoms with Gasteiger partial charge in [0, 0.05) is 63.0 Å². The van der Waals surface area contributed by atoms with E-state index in [4.69, 9.17) is 0 Å². The van der Waals surface area contributed by atoms with Gasteiger partial charge in [0.25, 0.3) is 5.56 Å². The Bertz CT molecular complexity index is 769. The maximum absolute atomic E-state index is 12.6. The lowest BCUT2D eigenvalue weighted by Gasteiger charge is -2.32. The highest BCUT2D eigenvalue weighted by Gasteiger charge is 2.16. The summed E-state index contributed by atoms with van der Waals surface area (Å²) in [5, 5.41) is 0.738. The van der Waals surface area contributed by atoms with Gasteiger partial charge in [0.1, 0.15) is 5.52 Å². The van der Waals surface area contributed by atoms with E-state index in [9.17, 15) is 9.59 Å². The van der Waals surface area contributed by atoms with Gasteiger partial charge in [0.2, 0.25) is 0 Å². The van der Waals surface area contributed by atoms with E-state index in [2.05, 4.69) is 21.8 Å². The zero-order valence-corrected chi connectivity index (χ0v) is 14.5. The number of pyridine rings is 1. The predicted molar refractivity (Wildman–Crippen MR) is 95.7 cm³/mol. The van der Waals surface area contributed by atoms with Gasteiger partial charge in [-0.15, -0.1) is 0 Å². The molecular weight excluding hydrogens is 304 g/mol. The number of H-pyrrole nitrogens is 1. The molecule has 3 rings (SSSR count). The molecule has 1 aliphatic rings. The third-order valence-corrected chi connectivity index (χ3v) is 4.92. The minimum atomic E-state index is -0.0957. The molecule has 0 radical (unpaired) electrons. The molecule has 24 heavy (non-hydrogen) atoms. The second kappa shape index (κ2) is 7.32. The topological polar surface area (TPSA) is 61.3 Å². The Morgan fingerprint density at radius 1 is 1.17 bits per heavy atom. The molecule has 0 unspecified atom stereocenters. The molecule has 0 saturated carbocycles. The quantitative estimate of drug-likeness (QED) is 0.643. The molecule has 0 aromatic carbocycles. The number of ketones is 1. The van der Waals surface area contributed by atoms with Crippen LogP contribution in [-0.4, -0.2) is 64.9 Å². The van der Waals surface area contributed by atoms with E-state index in [-0.39, 0.29) is 11.3 Å². The number of unbranched alkanes of at least 4 members (excludes halogenated alkanes) is 1. The minimum absolute atomic E-state index is 0.0957. The second-order valence-electron chi connectivity index (χ2n) is 6.75. The fourth-order valence-corrected chi connectivity index (χ4v) is 3.32. The van der Waals surface area contributed by atoms with Crippen molar-refractivity contribution in [1.29, 1.82) is 0 Å². The lowest BCUT2D eigenvalue weighted by Crippen LogP contribution is -2.44. The van der Waals surface area contributed by atoms with Gasteiger partial charge in [-0.2, -0.15) is 0 Å². The van der Waals surface area contributed by atoms with Crippen LogP contribution in [0.5, 0.6) is 0 Å². The first kappa shape index (κ1) is 16.9. The highest BCUT2D eigenvalue weighted by atomic mass is 16.1. The molecule has 1 aliphatic heterocycles. The Morgan fingerprint density at radius 3 is 2.67 bits per heavy atom. The number of likely N-dealkylation sites (N-methyl/N-ethyl adjacent to an activating group) is 1. The molecule has 0 spiro atoms. The molecule has 3 heterocycles. The van der Waals surface area contributed by atoms with Crippen molar-refractivity contribution in [2.45, 2.75) is 19.3 Å². The summed E-state index contributed by atoms with van der Waals surface area (Å²) in [7, 11) is 3.84. The Morgan fingerprint density at radius 2 is 1.92 bits per heavy atom. The summed E-state index contributed by atoms with van der Waals surface area (Å²) in [5.74, 6) is 0.119. The number of nitrogens with one attached hydrogen (secondary N) is 1. The molecular formula is C18H26N4O2. The molecule has 6 heteroatoms. The van der Waals surface area contributed by atoms with Crippen LogP contribution in [0.1, 0.15) is 29.6 Å². The number of carbonyl (C=O) groups excluding carboxylic acids is 1. The Hall–Kier alpha value is -1.92. The molecule has 1 N–H and O–H groups in total. The summed E-state index contributed by atoms with van der Waals surface area (Å²) in [6.45, 7) is 5.56. The zero-order valence-electron chi connectivity index (χ0n) is 14.5. The maximum Gasteiger partial charge on any atom is 0.274 e. The monoisotopic (exact) mass is 330 g/mol.